The van der Waals surface area contributed by atoms with Crippen molar-refractivity contribution in [2.24, 2.45) is 5.92 Å². The molecule has 0 atom stereocenters. The summed E-state index contributed by atoms with van der Waals surface area (Å²) >= 11 is 0. The minimum Gasteiger partial charge on any atom is -0.492 e. The number of benzene rings is 1. The molecule has 0 bridgehead atoms. The van der Waals surface area contributed by atoms with Crippen LogP contribution in [0.5, 0.6) is 5.75 Å². The van der Waals surface area contributed by atoms with Gasteiger partial charge in [-0.25, -0.2) is 0 Å². The first-order valence-corrected chi connectivity index (χ1v) is 5.42. The number of rotatable bonds is 4. The molecule has 0 spiro atoms. The predicted octanol–water partition coefficient (Wildman–Crippen LogP) is 2.99. The topological polar surface area (TPSA) is 26.3 Å². The van der Waals surface area contributed by atoms with E-state index in [0.717, 1.165) is 17.9 Å². The normalized spacial score (nSPS) is 15.1. The number of para-hydroxylation sites is 1. The van der Waals surface area contributed by atoms with Crippen molar-refractivity contribution in [3.8, 4) is 5.75 Å². The van der Waals surface area contributed by atoms with Crippen molar-refractivity contribution >= 4 is 5.78 Å². The molecule has 1 aromatic rings. The van der Waals surface area contributed by atoms with Gasteiger partial charge in [0.1, 0.15) is 5.75 Å². The van der Waals surface area contributed by atoms with Crippen LogP contribution in [0.4, 0.5) is 0 Å². The van der Waals surface area contributed by atoms with E-state index < -0.39 is 0 Å². The number of carbonyl (C=O) groups excluding carboxylic acids is 1. The van der Waals surface area contributed by atoms with E-state index in [-0.39, 0.29) is 5.78 Å². The first-order valence-electron chi connectivity index (χ1n) is 5.42. The maximum atomic E-state index is 11.4. The van der Waals surface area contributed by atoms with E-state index in [1.807, 2.05) is 25.1 Å². The fraction of sp³-hybridized carbons (Fsp3) is 0.462. The lowest BCUT2D eigenvalue weighted by Gasteiger charge is -2.11. The van der Waals surface area contributed by atoms with Crippen LogP contribution in [0.25, 0.3) is 0 Å². The number of aryl methyl sites for hydroxylation is 1. The van der Waals surface area contributed by atoms with Crippen molar-refractivity contribution in [3.05, 3.63) is 29.3 Å². The fourth-order valence-electron chi connectivity index (χ4n) is 1.61. The Kier molecular flexibility index (Phi) is 2.76. The summed E-state index contributed by atoms with van der Waals surface area (Å²) in [5.74, 6) is 1.56. The van der Waals surface area contributed by atoms with Gasteiger partial charge in [0.25, 0.3) is 0 Å². The van der Waals surface area contributed by atoms with E-state index in [0.29, 0.717) is 11.5 Å². The van der Waals surface area contributed by atoms with Crippen molar-refractivity contribution in [1.29, 1.82) is 0 Å². The van der Waals surface area contributed by atoms with Gasteiger partial charge in [-0.1, -0.05) is 12.1 Å². The summed E-state index contributed by atoms with van der Waals surface area (Å²) in [6, 6.07) is 5.71. The van der Waals surface area contributed by atoms with Crippen LogP contribution in [-0.2, 0) is 0 Å². The van der Waals surface area contributed by atoms with Gasteiger partial charge in [0.05, 0.1) is 12.2 Å². The molecule has 15 heavy (non-hydrogen) atoms. The van der Waals surface area contributed by atoms with Crippen molar-refractivity contribution < 1.29 is 9.53 Å². The third-order valence-electron chi connectivity index (χ3n) is 2.75. The summed E-state index contributed by atoms with van der Waals surface area (Å²) in [6.07, 6.45) is 2.53. The number of hydrogen-bond acceptors (Lipinski definition) is 2. The Balaban J connectivity index is 2.20. The SMILES string of the molecule is CC(=O)c1cccc(C)c1OCC1CC1. The number of carbonyl (C=O) groups is 1. The summed E-state index contributed by atoms with van der Waals surface area (Å²) in [5.41, 5.74) is 1.75. The molecule has 0 aliphatic heterocycles. The molecule has 80 valence electrons. The summed E-state index contributed by atoms with van der Waals surface area (Å²) < 4.78 is 5.73. The maximum Gasteiger partial charge on any atom is 0.163 e. The minimum absolute atomic E-state index is 0.0736. The van der Waals surface area contributed by atoms with Gasteiger partial charge in [0.15, 0.2) is 5.78 Å². The second kappa shape index (κ2) is 4.05. The summed E-state index contributed by atoms with van der Waals surface area (Å²) in [5, 5.41) is 0. The molecule has 0 heterocycles. The van der Waals surface area contributed by atoms with Crippen molar-refractivity contribution in [2.75, 3.05) is 6.61 Å². The van der Waals surface area contributed by atoms with Crippen molar-refractivity contribution in [2.45, 2.75) is 26.7 Å². The molecule has 0 aromatic heterocycles. The zero-order valence-electron chi connectivity index (χ0n) is 9.25. The molecular formula is C13H16O2. The van der Waals surface area contributed by atoms with Gasteiger partial charge in [-0.2, -0.15) is 0 Å². The number of ether oxygens (including phenoxy) is 1. The van der Waals surface area contributed by atoms with Crippen LogP contribution in [0, 0.1) is 12.8 Å². The molecule has 0 radical (unpaired) electrons. The van der Waals surface area contributed by atoms with Crippen LogP contribution in [0.2, 0.25) is 0 Å². The van der Waals surface area contributed by atoms with Gasteiger partial charge < -0.3 is 4.74 Å². The highest BCUT2D eigenvalue weighted by molar-refractivity contribution is 5.97. The molecule has 0 unspecified atom stereocenters. The molecule has 1 aromatic carbocycles. The predicted molar refractivity (Wildman–Crippen MR) is 59.4 cm³/mol. The Morgan fingerprint density at radius 3 is 2.80 bits per heavy atom. The van der Waals surface area contributed by atoms with Crippen LogP contribution in [0.15, 0.2) is 18.2 Å². The van der Waals surface area contributed by atoms with Crippen LogP contribution >= 0.6 is 0 Å². The fourth-order valence-corrected chi connectivity index (χ4v) is 1.61. The molecule has 1 aliphatic carbocycles. The first-order chi connectivity index (χ1) is 7.18. The van der Waals surface area contributed by atoms with Crippen molar-refractivity contribution in [1.82, 2.24) is 0 Å². The molecule has 0 amide bonds. The third kappa shape index (κ3) is 2.38. The molecule has 1 saturated carbocycles. The van der Waals surface area contributed by atoms with E-state index >= 15 is 0 Å². The van der Waals surface area contributed by atoms with Gasteiger partial charge >= 0.3 is 0 Å². The van der Waals surface area contributed by atoms with Gasteiger partial charge in [-0.05, 0) is 44.2 Å². The molecule has 1 fully saturated rings. The minimum atomic E-state index is 0.0736. The Bertz CT molecular complexity index is 378. The monoisotopic (exact) mass is 204 g/mol. The van der Waals surface area contributed by atoms with Crippen LogP contribution in [-0.4, -0.2) is 12.4 Å². The number of hydrogen-bond donors (Lipinski definition) is 0. The van der Waals surface area contributed by atoms with Gasteiger partial charge in [-0.3, -0.25) is 4.79 Å². The zero-order chi connectivity index (χ0) is 10.8. The third-order valence-corrected chi connectivity index (χ3v) is 2.75. The highest BCUT2D eigenvalue weighted by atomic mass is 16.5. The molecule has 2 nitrogen and oxygen atoms in total. The second-order valence-electron chi connectivity index (χ2n) is 4.26. The molecule has 0 saturated heterocycles. The smallest absolute Gasteiger partial charge is 0.163 e. The standard InChI is InChI=1S/C13H16O2/c1-9-4-3-5-12(10(2)14)13(9)15-8-11-6-7-11/h3-5,11H,6-8H2,1-2H3. The Morgan fingerprint density at radius 2 is 2.20 bits per heavy atom. The first kappa shape index (κ1) is 10.2. The maximum absolute atomic E-state index is 11.4. The van der Waals surface area contributed by atoms with E-state index in [2.05, 4.69) is 0 Å². The molecular weight excluding hydrogens is 188 g/mol. The summed E-state index contributed by atoms with van der Waals surface area (Å²) in [7, 11) is 0. The van der Waals surface area contributed by atoms with E-state index in [1.165, 1.54) is 12.8 Å². The zero-order valence-corrected chi connectivity index (χ0v) is 9.25. The molecule has 0 N–H and O–H groups in total. The lowest BCUT2D eigenvalue weighted by Crippen LogP contribution is -2.05. The van der Waals surface area contributed by atoms with Crippen LogP contribution < -0.4 is 4.74 Å². The van der Waals surface area contributed by atoms with Gasteiger partial charge in [-0.15, -0.1) is 0 Å². The van der Waals surface area contributed by atoms with E-state index in [1.54, 1.807) is 6.92 Å². The number of ketones is 1. The number of Topliss-reactive ketones (excluding diaryl/α,β-unsaturated/α-hetero) is 1. The average molecular weight is 204 g/mol. The quantitative estimate of drug-likeness (QED) is 0.705. The highest BCUT2D eigenvalue weighted by Gasteiger charge is 2.23. The van der Waals surface area contributed by atoms with Crippen LogP contribution in [0.1, 0.15) is 35.7 Å². The molecule has 2 heteroatoms. The summed E-state index contributed by atoms with van der Waals surface area (Å²) in [4.78, 5) is 11.4. The summed E-state index contributed by atoms with van der Waals surface area (Å²) in [6.45, 7) is 4.32. The lowest BCUT2D eigenvalue weighted by atomic mass is 10.1. The Hall–Kier alpha value is -1.31. The Morgan fingerprint density at radius 1 is 1.47 bits per heavy atom. The van der Waals surface area contributed by atoms with E-state index in [4.69, 9.17) is 4.74 Å². The second-order valence-corrected chi connectivity index (χ2v) is 4.26. The Labute approximate surface area is 90.3 Å². The van der Waals surface area contributed by atoms with Gasteiger partial charge in [0, 0.05) is 0 Å². The molecule has 2 rings (SSSR count). The largest absolute Gasteiger partial charge is 0.492 e. The molecule has 1 aliphatic rings. The van der Waals surface area contributed by atoms with E-state index in [9.17, 15) is 4.79 Å². The van der Waals surface area contributed by atoms with Crippen molar-refractivity contribution in [3.63, 3.8) is 0 Å². The van der Waals surface area contributed by atoms with Gasteiger partial charge in [0.2, 0.25) is 0 Å². The highest BCUT2D eigenvalue weighted by Crippen LogP contribution is 2.31. The lowest BCUT2D eigenvalue weighted by molar-refractivity contribution is 0.101. The average Bonchev–Trinajstić information content (AvgIpc) is 2.99. The van der Waals surface area contributed by atoms with Crippen LogP contribution in [0.3, 0.4) is 0 Å².